The lowest BCUT2D eigenvalue weighted by Crippen LogP contribution is -2.35. The van der Waals surface area contributed by atoms with Gasteiger partial charge in [-0.1, -0.05) is 26.0 Å². The molecular formula is C16H18FNO. The predicted molar refractivity (Wildman–Crippen MR) is 73.4 cm³/mol. The average Bonchev–Trinajstić information content (AvgIpc) is 2.40. The van der Waals surface area contributed by atoms with Crippen LogP contribution < -0.4 is 0 Å². The Balaban J connectivity index is 2.17. The number of aromatic nitrogens is 1. The van der Waals surface area contributed by atoms with Crippen LogP contribution in [0, 0.1) is 5.82 Å². The number of pyridine rings is 1. The van der Waals surface area contributed by atoms with Crippen molar-refractivity contribution in [1.29, 1.82) is 0 Å². The summed E-state index contributed by atoms with van der Waals surface area (Å²) in [5.41, 5.74) is 1.53. The fourth-order valence-electron chi connectivity index (χ4n) is 2.07. The zero-order valence-electron chi connectivity index (χ0n) is 11.2. The number of halogens is 1. The second-order valence-electron chi connectivity index (χ2n) is 5.30. The van der Waals surface area contributed by atoms with E-state index in [1.54, 1.807) is 24.5 Å². The molecule has 1 N–H and O–H groups in total. The molecule has 0 spiro atoms. The second kappa shape index (κ2) is 5.49. The van der Waals surface area contributed by atoms with E-state index in [4.69, 9.17) is 0 Å². The van der Waals surface area contributed by atoms with E-state index in [0.29, 0.717) is 6.42 Å². The van der Waals surface area contributed by atoms with Crippen molar-refractivity contribution >= 4 is 0 Å². The topological polar surface area (TPSA) is 33.1 Å². The van der Waals surface area contributed by atoms with E-state index in [0.717, 1.165) is 11.1 Å². The Kier molecular flexibility index (Phi) is 3.96. The van der Waals surface area contributed by atoms with Crippen LogP contribution in [0.3, 0.4) is 0 Å². The predicted octanol–water partition coefficient (Wildman–Crippen LogP) is 3.10. The highest BCUT2D eigenvalue weighted by molar-refractivity contribution is 5.27. The van der Waals surface area contributed by atoms with Crippen molar-refractivity contribution in [2.75, 3.05) is 0 Å². The van der Waals surface area contributed by atoms with Crippen molar-refractivity contribution in [3.63, 3.8) is 0 Å². The lowest BCUT2D eigenvalue weighted by atomic mass is 9.77. The summed E-state index contributed by atoms with van der Waals surface area (Å²) in [7, 11) is 0. The smallest absolute Gasteiger partial charge is 0.123 e. The summed E-state index contributed by atoms with van der Waals surface area (Å²) in [5, 5.41) is 10.4. The molecule has 100 valence electrons. The highest BCUT2D eigenvalue weighted by atomic mass is 19.1. The number of aliphatic hydroxyl groups is 1. The minimum atomic E-state index is -0.541. The van der Waals surface area contributed by atoms with Gasteiger partial charge in [-0.05, 0) is 41.8 Å². The molecule has 0 radical (unpaired) electrons. The van der Waals surface area contributed by atoms with Crippen molar-refractivity contribution in [3.05, 3.63) is 65.7 Å². The first kappa shape index (κ1) is 13.7. The van der Waals surface area contributed by atoms with Crippen molar-refractivity contribution in [1.82, 2.24) is 4.98 Å². The largest absolute Gasteiger partial charge is 0.392 e. The third kappa shape index (κ3) is 3.18. The van der Waals surface area contributed by atoms with E-state index < -0.39 is 11.5 Å². The fourth-order valence-corrected chi connectivity index (χ4v) is 2.07. The van der Waals surface area contributed by atoms with Gasteiger partial charge in [-0.2, -0.15) is 0 Å². The first-order valence-electron chi connectivity index (χ1n) is 6.33. The zero-order valence-corrected chi connectivity index (χ0v) is 11.2. The Morgan fingerprint density at radius 2 is 1.68 bits per heavy atom. The van der Waals surface area contributed by atoms with Crippen molar-refractivity contribution in [2.45, 2.75) is 31.8 Å². The molecule has 0 saturated heterocycles. The lowest BCUT2D eigenvalue weighted by Gasteiger charge is -2.31. The molecule has 0 fully saturated rings. The first-order chi connectivity index (χ1) is 9.00. The molecule has 2 rings (SSSR count). The van der Waals surface area contributed by atoms with Crippen LogP contribution in [0.25, 0.3) is 0 Å². The molecule has 0 amide bonds. The number of benzene rings is 1. The molecule has 0 aliphatic heterocycles. The summed E-state index contributed by atoms with van der Waals surface area (Å²) in [5.74, 6) is -0.261. The quantitative estimate of drug-likeness (QED) is 0.915. The van der Waals surface area contributed by atoms with E-state index >= 15 is 0 Å². The molecule has 2 nitrogen and oxygen atoms in total. The maximum absolute atomic E-state index is 13.0. The van der Waals surface area contributed by atoms with Gasteiger partial charge in [0, 0.05) is 17.8 Å². The number of hydrogen-bond donors (Lipinski definition) is 1. The summed E-state index contributed by atoms with van der Waals surface area (Å²) in [6, 6.07) is 10.1. The van der Waals surface area contributed by atoms with Crippen LogP contribution >= 0.6 is 0 Å². The van der Waals surface area contributed by atoms with Gasteiger partial charge in [0.05, 0.1) is 6.10 Å². The van der Waals surface area contributed by atoms with Crippen LogP contribution in [0.4, 0.5) is 4.39 Å². The zero-order chi connectivity index (χ0) is 13.9. The SMILES string of the molecule is CC(C)(c1ccc(F)cc1)C(O)Cc1ccncc1. The average molecular weight is 259 g/mol. The molecule has 1 unspecified atom stereocenters. The van der Waals surface area contributed by atoms with Crippen LogP contribution in [0.1, 0.15) is 25.0 Å². The Hall–Kier alpha value is -1.74. The fraction of sp³-hybridized carbons (Fsp3) is 0.312. The van der Waals surface area contributed by atoms with Crippen LogP contribution in [0.2, 0.25) is 0 Å². The molecule has 1 heterocycles. The van der Waals surface area contributed by atoms with Gasteiger partial charge < -0.3 is 5.11 Å². The molecule has 1 atom stereocenters. The summed E-state index contributed by atoms with van der Waals surface area (Å²) in [6.45, 7) is 3.93. The number of rotatable bonds is 4. The van der Waals surface area contributed by atoms with Crippen LogP contribution in [0.15, 0.2) is 48.8 Å². The molecule has 0 aliphatic carbocycles. The van der Waals surface area contributed by atoms with Crippen LogP contribution in [-0.4, -0.2) is 16.2 Å². The van der Waals surface area contributed by atoms with Gasteiger partial charge in [0.2, 0.25) is 0 Å². The Morgan fingerprint density at radius 1 is 1.11 bits per heavy atom. The molecule has 1 aromatic heterocycles. The van der Waals surface area contributed by atoms with Gasteiger partial charge in [0.25, 0.3) is 0 Å². The normalized spacial score (nSPS) is 13.3. The maximum Gasteiger partial charge on any atom is 0.123 e. The first-order valence-corrected chi connectivity index (χ1v) is 6.33. The molecule has 2 aromatic rings. The number of hydrogen-bond acceptors (Lipinski definition) is 2. The van der Waals surface area contributed by atoms with Gasteiger partial charge in [0.1, 0.15) is 5.82 Å². The van der Waals surface area contributed by atoms with E-state index in [1.807, 2.05) is 26.0 Å². The molecule has 1 aromatic carbocycles. The van der Waals surface area contributed by atoms with Gasteiger partial charge in [0.15, 0.2) is 0 Å². The minimum Gasteiger partial charge on any atom is -0.392 e. The standard InChI is InChI=1S/C16H18FNO/c1-16(2,13-3-5-14(17)6-4-13)15(19)11-12-7-9-18-10-8-12/h3-10,15,19H,11H2,1-2H3. The van der Waals surface area contributed by atoms with Crippen molar-refractivity contribution in [3.8, 4) is 0 Å². The summed E-state index contributed by atoms with van der Waals surface area (Å²) in [4.78, 5) is 3.96. The molecular weight excluding hydrogens is 241 g/mol. The van der Waals surface area contributed by atoms with E-state index in [2.05, 4.69) is 4.98 Å². The van der Waals surface area contributed by atoms with Crippen LogP contribution in [0.5, 0.6) is 0 Å². The highest BCUT2D eigenvalue weighted by Gasteiger charge is 2.29. The van der Waals surface area contributed by atoms with Crippen molar-refractivity contribution in [2.24, 2.45) is 0 Å². The van der Waals surface area contributed by atoms with Gasteiger partial charge >= 0.3 is 0 Å². The lowest BCUT2D eigenvalue weighted by molar-refractivity contribution is 0.0999. The summed E-state index contributed by atoms with van der Waals surface area (Å²) >= 11 is 0. The minimum absolute atomic E-state index is 0.261. The Labute approximate surface area is 112 Å². The number of aliphatic hydroxyl groups excluding tert-OH is 1. The van der Waals surface area contributed by atoms with E-state index in [1.165, 1.54) is 12.1 Å². The third-order valence-electron chi connectivity index (χ3n) is 3.60. The van der Waals surface area contributed by atoms with Crippen LogP contribution in [-0.2, 0) is 11.8 Å². The van der Waals surface area contributed by atoms with Gasteiger partial charge in [-0.15, -0.1) is 0 Å². The van der Waals surface area contributed by atoms with E-state index in [9.17, 15) is 9.50 Å². The monoisotopic (exact) mass is 259 g/mol. The number of nitrogens with zero attached hydrogens (tertiary/aromatic N) is 1. The summed E-state index contributed by atoms with van der Waals surface area (Å²) < 4.78 is 13.0. The van der Waals surface area contributed by atoms with Gasteiger partial charge in [-0.3, -0.25) is 4.98 Å². The maximum atomic E-state index is 13.0. The van der Waals surface area contributed by atoms with E-state index in [-0.39, 0.29) is 5.82 Å². The molecule has 0 aliphatic rings. The third-order valence-corrected chi connectivity index (χ3v) is 3.60. The van der Waals surface area contributed by atoms with Gasteiger partial charge in [-0.25, -0.2) is 4.39 Å². The molecule has 0 saturated carbocycles. The highest BCUT2D eigenvalue weighted by Crippen LogP contribution is 2.29. The Bertz CT molecular complexity index is 522. The molecule has 19 heavy (non-hydrogen) atoms. The second-order valence-corrected chi connectivity index (χ2v) is 5.30. The molecule has 0 bridgehead atoms. The molecule has 3 heteroatoms. The Morgan fingerprint density at radius 3 is 2.26 bits per heavy atom. The van der Waals surface area contributed by atoms with Crippen molar-refractivity contribution < 1.29 is 9.50 Å². The summed E-state index contributed by atoms with van der Waals surface area (Å²) in [6.07, 6.45) is 3.44.